The molecule has 0 unspecified atom stereocenters. The van der Waals surface area contributed by atoms with Crippen molar-refractivity contribution in [3.8, 4) is 0 Å². The first-order valence-corrected chi connectivity index (χ1v) is 5.21. The molecule has 0 radical (unpaired) electrons. The molecule has 0 aromatic heterocycles. The Morgan fingerprint density at radius 3 is 2.50 bits per heavy atom. The fraction of sp³-hybridized carbons (Fsp3) is 0.333. The number of hydrogen-bond donors (Lipinski definition) is 2. The monoisotopic (exact) mass is 220 g/mol. The van der Waals surface area contributed by atoms with Gasteiger partial charge in [-0.25, -0.2) is 0 Å². The maximum absolute atomic E-state index is 11.3. The summed E-state index contributed by atoms with van der Waals surface area (Å²) in [6.07, 6.45) is 0.434. The fourth-order valence-corrected chi connectivity index (χ4v) is 1.28. The van der Waals surface area contributed by atoms with Crippen molar-refractivity contribution in [3.63, 3.8) is 0 Å². The predicted molar refractivity (Wildman–Crippen MR) is 64.4 cm³/mol. The van der Waals surface area contributed by atoms with E-state index in [1.807, 2.05) is 13.0 Å². The molecular formula is C12H16N2O2. The highest BCUT2D eigenvalue weighted by molar-refractivity contribution is 5.93. The van der Waals surface area contributed by atoms with Crippen LogP contribution in [0.25, 0.3) is 0 Å². The molecule has 16 heavy (non-hydrogen) atoms. The van der Waals surface area contributed by atoms with Crippen LogP contribution in [0.15, 0.2) is 18.2 Å². The minimum absolute atomic E-state index is 0.0388. The molecule has 0 heterocycles. The van der Waals surface area contributed by atoms with Crippen LogP contribution in [-0.4, -0.2) is 11.8 Å². The Balaban J connectivity index is 2.90. The number of benzene rings is 1. The lowest BCUT2D eigenvalue weighted by molar-refractivity contribution is -0.116. The molecule has 0 fully saturated rings. The topological polar surface area (TPSA) is 58.2 Å². The quantitative estimate of drug-likeness (QED) is 0.821. The second-order valence-electron chi connectivity index (χ2n) is 3.61. The molecular weight excluding hydrogens is 204 g/mol. The molecule has 2 N–H and O–H groups in total. The molecule has 1 aromatic carbocycles. The summed E-state index contributed by atoms with van der Waals surface area (Å²) in [5.74, 6) is -0.167. The summed E-state index contributed by atoms with van der Waals surface area (Å²) in [6.45, 7) is 5.15. The first-order chi connectivity index (χ1) is 7.52. The third-order valence-electron chi connectivity index (χ3n) is 2.15. The number of carbonyl (C=O) groups is 2. The summed E-state index contributed by atoms with van der Waals surface area (Å²) in [7, 11) is 0. The Labute approximate surface area is 95.0 Å². The molecule has 2 amide bonds. The minimum Gasteiger partial charge on any atom is -0.326 e. The Kier molecular flexibility index (Phi) is 4.05. The van der Waals surface area contributed by atoms with E-state index in [-0.39, 0.29) is 11.8 Å². The number of carbonyl (C=O) groups excluding carboxylic acids is 2. The van der Waals surface area contributed by atoms with Gasteiger partial charge >= 0.3 is 0 Å². The Bertz CT molecular complexity index is 413. The van der Waals surface area contributed by atoms with Gasteiger partial charge in [0.05, 0.1) is 0 Å². The molecule has 0 aliphatic heterocycles. The van der Waals surface area contributed by atoms with E-state index in [2.05, 4.69) is 10.6 Å². The summed E-state index contributed by atoms with van der Waals surface area (Å²) in [4.78, 5) is 22.2. The number of nitrogens with one attached hydrogen (secondary N) is 2. The van der Waals surface area contributed by atoms with Crippen molar-refractivity contribution in [3.05, 3.63) is 23.8 Å². The number of rotatable bonds is 3. The zero-order chi connectivity index (χ0) is 12.1. The van der Waals surface area contributed by atoms with Crippen molar-refractivity contribution in [1.29, 1.82) is 0 Å². The van der Waals surface area contributed by atoms with Gasteiger partial charge in [0.15, 0.2) is 0 Å². The molecule has 4 nitrogen and oxygen atoms in total. The Hall–Kier alpha value is -1.84. The van der Waals surface area contributed by atoms with E-state index in [0.29, 0.717) is 12.1 Å². The lowest BCUT2D eigenvalue weighted by Crippen LogP contribution is -2.11. The van der Waals surface area contributed by atoms with Gasteiger partial charge in [-0.05, 0) is 24.6 Å². The highest BCUT2D eigenvalue weighted by atomic mass is 16.2. The molecule has 1 rings (SSSR count). The molecule has 0 spiro atoms. The van der Waals surface area contributed by atoms with Crippen LogP contribution in [0.3, 0.4) is 0 Å². The predicted octanol–water partition coefficient (Wildman–Crippen LogP) is 2.30. The van der Waals surface area contributed by atoms with Gasteiger partial charge in [0.25, 0.3) is 0 Å². The third-order valence-corrected chi connectivity index (χ3v) is 2.15. The average molecular weight is 220 g/mol. The first-order valence-electron chi connectivity index (χ1n) is 5.21. The van der Waals surface area contributed by atoms with Crippen molar-refractivity contribution in [1.82, 2.24) is 0 Å². The fourth-order valence-electron chi connectivity index (χ4n) is 1.28. The van der Waals surface area contributed by atoms with E-state index in [9.17, 15) is 9.59 Å². The second-order valence-corrected chi connectivity index (χ2v) is 3.61. The largest absolute Gasteiger partial charge is 0.326 e. The zero-order valence-electron chi connectivity index (χ0n) is 9.76. The highest BCUT2D eigenvalue weighted by Crippen LogP contribution is 2.20. The van der Waals surface area contributed by atoms with Crippen LogP contribution in [0, 0.1) is 6.92 Å². The lowest BCUT2D eigenvalue weighted by atomic mass is 10.1. The third kappa shape index (κ3) is 3.38. The van der Waals surface area contributed by atoms with Crippen LogP contribution in [-0.2, 0) is 9.59 Å². The van der Waals surface area contributed by atoms with Crippen molar-refractivity contribution >= 4 is 23.2 Å². The van der Waals surface area contributed by atoms with Gasteiger partial charge in [-0.2, -0.15) is 0 Å². The van der Waals surface area contributed by atoms with E-state index >= 15 is 0 Å². The zero-order valence-corrected chi connectivity index (χ0v) is 9.76. The summed E-state index contributed by atoms with van der Waals surface area (Å²) >= 11 is 0. The van der Waals surface area contributed by atoms with Gasteiger partial charge in [0.2, 0.25) is 11.8 Å². The van der Waals surface area contributed by atoms with Gasteiger partial charge in [0.1, 0.15) is 0 Å². The molecule has 0 saturated carbocycles. The van der Waals surface area contributed by atoms with E-state index in [4.69, 9.17) is 0 Å². The van der Waals surface area contributed by atoms with Crippen LogP contribution in [0.2, 0.25) is 0 Å². The van der Waals surface area contributed by atoms with Crippen LogP contribution in [0.1, 0.15) is 25.8 Å². The molecule has 0 aliphatic carbocycles. The summed E-state index contributed by atoms with van der Waals surface area (Å²) < 4.78 is 0. The summed E-state index contributed by atoms with van der Waals surface area (Å²) in [6, 6.07) is 5.42. The lowest BCUT2D eigenvalue weighted by Gasteiger charge is -2.10. The van der Waals surface area contributed by atoms with Crippen molar-refractivity contribution in [2.24, 2.45) is 0 Å². The van der Waals surface area contributed by atoms with Gasteiger partial charge in [-0.1, -0.05) is 13.0 Å². The molecule has 0 atom stereocenters. The van der Waals surface area contributed by atoms with E-state index in [1.54, 1.807) is 19.1 Å². The normalized spacial score (nSPS) is 9.69. The SMILES string of the molecule is CCC(=O)Nc1cc(NC(C)=O)ccc1C. The molecule has 0 saturated heterocycles. The van der Waals surface area contributed by atoms with Crippen molar-refractivity contribution in [2.75, 3.05) is 10.6 Å². The van der Waals surface area contributed by atoms with Gasteiger partial charge < -0.3 is 10.6 Å². The van der Waals surface area contributed by atoms with E-state index in [0.717, 1.165) is 11.3 Å². The molecule has 0 aliphatic rings. The number of anilines is 2. The van der Waals surface area contributed by atoms with Crippen LogP contribution in [0.5, 0.6) is 0 Å². The molecule has 1 aromatic rings. The van der Waals surface area contributed by atoms with Gasteiger partial charge in [0, 0.05) is 24.7 Å². The standard InChI is InChI=1S/C12H16N2O2/c1-4-12(16)14-11-7-10(13-9(3)15)6-5-8(11)2/h5-7H,4H2,1-3H3,(H,13,15)(H,14,16). The van der Waals surface area contributed by atoms with Crippen LogP contribution in [0.4, 0.5) is 11.4 Å². The van der Waals surface area contributed by atoms with Crippen molar-refractivity contribution < 1.29 is 9.59 Å². The molecule has 4 heteroatoms. The van der Waals surface area contributed by atoms with Crippen molar-refractivity contribution in [2.45, 2.75) is 27.2 Å². The van der Waals surface area contributed by atoms with E-state index < -0.39 is 0 Å². The van der Waals surface area contributed by atoms with Crippen LogP contribution >= 0.6 is 0 Å². The maximum Gasteiger partial charge on any atom is 0.224 e. The minimum atomic E-state index is -0.128. The smallest absolute Gasteiger partial charge is 0.224 e. The van der Waals surface area contributed by atoms with Crippen LogP contribution < -0.4 is 10.6 Å². The average Bonchev–Trinajstić information content (AvgIpc) is 2.22. The number of hydrogen-bond acceptors (Lipinski definition) is 2. The summed E-state index contributed by atoms with van der Waals surface area (Å²) in [5.41, 5.74) is 2.39. The number of aryl methyl sites for hydroxylation is 1. The second kappa shape index (κ2) is 5.30. The van der Waals surface area contributed by atoms with E-state index in [1.165, 1.54) is 6.92 Å². The molecule has 0 bridgehead atoms. The Morgan fingerprint density at radius 1 is 1.25 bits per heavy atom. The Morgan fingerprint density at radius 2 is 1.94 bits per heavy atom. The highest BCUT2D eigenvalue weighted by Gasteiger charge is 2.04. The molecule has 86 valence electrons. The first kappa shape index (κ1) is 12.2. The van der Waals surface area contributed by atoms with Gasteiger partial charge in [-0.3, -0.25) is 9.59 Å². The maximum atomic E-state index is 11.3. The van der Waals surface area contributed by atoms with Gasteiger partial charge in [-0.15, -0.1) is 0 Å². The number of amides is 2. The summed E-state index contributed by atoms with van der Waals surface area (Å²) in [5, 5.41) is 5.46.